The van der Waals surface area contributed by atoms with Gasteiger partial charge in [0.05, 0.1) is 10.5 Å². The Labute approximate surface area is 111 Å². The van der Waals surface area contributed by atoms with E-state index in [1.165, 1.54) is 12.3 Å². The molecular weight excluding hydrogens is 248 g/mol. The van der Waals surface area contributed by atoms with Gasteiger partial charge in [0, 0.05) is 40.0 Å². The van der Waals surface area contributed by atoms with E-state index < -0.39 is 4.92 Å². The molecule has 0 atom stereocenters. The summed E-state index contributed by atoms with van der Waals surface area (Å²) < 4.78 is 0. The van der Waals surface area contributed by atoms with Gasteiger partial charge >= 0.3 is 0 Å². The maximum absolute atomic E-state index is 11.1. The predicted octanol–water partition coefficient (Wildman–Crippen LogP) is 1.16. The molecule has 1 rings (SSSR count). The Morgan fingerprint density at radius 3 is 2.42 bits per heavy atom. The first kappa shape index (κ1) is 14.6. The van der Waals surface area contributed by atoms with Crippen LogP contribution in [0.5, 0.6) is 0 Å². The third kappa shape index (κ3) is 3.51. The van der Waals surface area contributed by atoms with Crippen molar-refractivity contribution in [3.05, 3.63) is 34.1 Å². The minimum atomic E-state index is -0.547. The average molecular weight is 264 g/mol. The van der Waals surface area contributed by atoms with E-state index in [9.17, 15) is 14.9 Å². The summed E-state index contributed by atoms with van der Waals surface area (Å²) >= 11 is 0. The molecule has 7 heteroatoms. The number of carbonyl (C=O) groups excluding carboxylic acids is 1. The van der Waals surface area contributed by atoms with Crippen molar-refractivity contribution in [2.24, 2.45) is 0 Å². The van der Waals surface area contributed by atoms with Gasteiger partial charge in [-0.2, -0.15) is 0 Å². The first-order chi connectivity index (χ1) is 8.86. The number of aldehydes is 1. The third-order valence-corrected chi connectivity index (χ3v) is 2.36. The maximum Gasteiger partial charge on any atom is 0.295 e. The van der Waals surface area contributed by atoms with E-state index >= 15 is 0 Å². The van der Waals surface area contributed by atoms with Crippen molar-refractivity contribution in [1.82, 2.24) is 9.88 Å². The van der Waals surface area contributed by atoms with E-state index in [0.29, 0.717) is 12.1 Å². The highest BCUT2D eigenvalue weighted by atomic mass is 16.6. The Bertz CT molecular complexity index is 524. The number of aromatic nitrogens is 1. The molecular formula is C12H16N4O3. The van der Waals surface area contributed by atoms with E-state index in [1.807, 2.05) is 0 Å². The Morgan fingerprint density at radius 1 is 1.37 bits per heavy atom. The molecule has 0 aliphatic heterocycles. The second-order valence-corrected chi connectivity index (χ2v) is 4.38. The highest BCUT2D eigenvalue weighted by molar-refractivity contribution is 6.08. The topological polar surface area (TPSA) is 79.6 Å². The van der Waals surface area contributed by atoms with Crippen LogP contribution < -0.4 is 4.90 Å². The summed E-state index contributed by atoms with van der Waals surface area (Å²) in [7, 11) is 7.02. The molecule has 19 heavy (non-hydrogen) atoms. The number of nitro groups is 1. The van der Waals surface area contributed by atoms with Gasteiger partial charge in [0.25, 0.3) is 5.69 Å². The second kappa shape index (κ2) is 5.94. The molecule has 0 spiro atoms. The standard InChI is InChI=1S/C12H16N4O3/c1-14(2)7-9(8-17)10-5-12(15(3)4)13-6-11(10)16(18)19/h5-8H,1-4H3/b9-7+. The van der Waals surface area contributed by atoms with Crippen LogP contribution in [0.1, 0.15) is 5.56 Å². The van der Waals surface area contributed by atoms with E-state index in [-0.39, 0.29) is 16.8 Å². The highest BCUT2D eigenvalue weighted by Crippen LogP contribution is 2.27. The molecule has 0 bridgehead atoms. The quantitative estimate of drug-likeness (QED) is 0.343. The molecule has 1 aromatic rings. The molecule has 0 aliphatic rings. The van der Waals surface area contributed by atoms with Gasteiger partial charge in [-0.15, -0.1) is 0 Å². The van der Waals surface area contributed by atoms with Gasteiger partial charge in [-0.05, 0) is 6.07 Å². The fraction of sp³-hybridized carbons (Fsp3) is 0.333. The van der Waals surface area contributed by atoms with Crippen molar-refractivity contribution in [3.8, 4) is 0 Å². The van der Waals surface area contributed by atoms with Crippen LogP contribution >= 0.6 is 0 Å². The number of carbonyl (C=O) groups is 1. The summed E-state index contributed by atoms with van der Waals surface area (Å²) in [6.45, 7) is 0. The smallest absolute Gasteiger partial charge is 0.295 e. The monoisotopic (exact) mass is 264 g/mol. The largest absolute Gasteiger partial charge is 0.383 e. The molecule has 7 nitrogen and oxygen atoms in total. The molecule has 0 radical (unpaired) electrons. The van der Waals surface area contributed by atoms with E-state index in [2.05, 4.69) is 4.98 Å². The summed E-state index contributed by atoms with van der Waals surface area (Å²) in [5.74, 6) is 0.548. The fourth-order valence-electron chi connectivity index (χ4n) is 1.50. The summed E-state index contributed by atoms with van der Waals surface area (Å²) in [5.41, 5.74) is 0.306. The zero-order valence-corrected chi connectivity index (χ0v) is 11.3. The summed E-state index contributed by atoms with van der Waals surface area (Å²) in [6.07, 6.45) is 3.30. The fourth-order valence-corrected chi connectivity index (χ4v) is 1.50. The molecule has 0 amide bonds. The SMILES string of the molecule is CN(C)/C=C(\C=O)c1cc(N(C)C)ncc1[N+](=O)[O-]. The maximum atomic E-state index is 11.1. The molecule has 102 valence electrons. The third-order valence-electron chi connectivity index (χ3n) is 2.36. The average Bonchev–Trinajstić information content (AvgIpc) is 2.34. The molecule has 0 fully saturated rings. The van der Waals surface area contributed by atoms with Gasteiger partial charge in [-0.1, -0.05) is 0 Å². The molecule has 0 aliphatic carbocycles. The number of hydrogen-bond donors (Lipinski definition) is 0. The van der Waals surface area contributed by atoms with Crippen molar-refractivity contribution in [1.29, 1.82) is 0 Å². The Kier molecular flexibility index (Phi) is 4.57. The zero-order valence-electron chi connectivity index (χ0n) is 11.3. The second-order valence-electron chi connectivity index (χ2n) is 4.38. The summed E-state index contributed by atoms with van der Waals surface area (Å²) in [5, 5.41) is 11.0. The minimum Gasteiger partial charge on any atom is -0.383 e. The summed E-state index contributed by atoms with van der Waals surface area (Å²) in [4.78, 5) is 29.0. The van der Waals surface area contributed by atoms with Crippen LogP contribution in [0, 0.1) is 10.1 Å². The Hall–Kier alpha value is -2.44. The van der Waals surface area contributed by atoms with Crippen molar-refractivity contribution in [2.75, 3.05) is 33.1 Å². The van der Waals surface area contributed by atoms with Crippen molar-refractivity contribution in [2.45, 2.75) is 0 Å². The molecule has 0 unspecified atom stereocenters. The van der Waals surface area contributed by atoms with Crippen molar-refractivity contribution in [3.63, 3.8) is 0 Å². The zero-order chi connectivity index (χ0) is 14.6. The number of nitrogens with zero attached hydrogens (tertiary/aromatic N) is 4. The highest BCUT2D eigenvalue weighted by Gasteiger charge is 2.19. The van der Waals surface area contributed by atoms with Crippen LogP contribution in [0.2, 0.25) is 0 Å². The van der Waals surface area contributed by atoms with Crippen molar-refractivity contribution >= 4 is 23.4 Å². The van der Waals surface area contributed by atoms with Gasteiger partial charge < -0.3 is 9.80 Å². The van der Waals surface area contributed by atoms with Gasteiger partial charge in [0.15, 0.2) is 6.29 Å². The lowest BCUT2D eigenvalue weighted by molar-refractivity contribution is -0.385. The van der Waals surface area contributed by atoms with Crippen LogP contribution in [-0.4, -0.2) is 49.3 Å². The van der Waals surface area contributed by atoms with Crippen LogP contribution in [0.4, 0.5) is 11.5 Å². The summed E-state index contributed by atoms with van der Waals surface area (Å²) in [6, 6.07) is 1.53. The van der Waals surface area contributed by atoms with Crippen LogP contribution in [0.3, 0.4) is 0 Å². The molecule has 1 heterocycles. The molecule has 1 aromatic heterocycles. The molecule has 0 N–H and O–H groups in total. The van der Waals surface area contributed by atoms with Crippen LogP contribution in [0.25, 0.3) is 5.57 Å². The Balaban J connectivity index is 3.47. The van der Waals surface area contributed by atoms with E-state index in [1.54, 1.807) is 38.0 Å². The molecule has 0 saturated heterocycles. The van der Waals surface area contributed by atoms with E-state index in [4.69, 9.17) is 0 Å². The van der Waals surface area contributed by atoms with Crippen LogP contribution in [0.15, 0.2) is 18.5 Å². The van der Waals surface area contributed by atoms with Gasteiger partial charge in [-0.3, -0.25) is 14.9 Å². The number of rotatable bonds is 5. The molecule has 0 aromatic carbocycles. The number of pyridine rings is 1. The normalized spacial score (nSPS) is 11.1. The lowest BCUT2D eigenvalue weighted by Gasteiger charge is -2.13. The number of anilines is 1. The van der Waals surface area contributed by atoms with Gasteiger partial charge in [0.2, 0.25) is 0 Å². The lowest BCUT2D eigenvalue weighted by Crippen LogP contribution is -2.12. The van der Waals surface area contributed by atoms with Crippen molar-refractivity contribution < 1.29 is 9.72 Å². The van der Waals surface area contributed by atoms with Crippen LogP contribution in [-0.2, 0) is 4.79 Å². The first-order valence-corrected chi connectivity index (χ1v) is 5.52. The molecule has 0 saturated carbocycles. The number of hydrogen-bond acceptors (Lipinski definition) is 6. The number of allylic oxidation sites excluding steroid dienone is 1. The Morgan fingerprint density at radius 2 is 2.00 bits per heavy atom. The lowest BCUT2D eigenvalue weighted by atomic mass is 10.1. The predicted molar refractivity (Wildman–Crippen MR) is 72.9 cm³/mol. The minimum absolute atomic E-state index is 0.189. The first-order valence-electron chi connectivity index (χ1n) is 5.52. The van der Waals surface area contributed by atoms with Gasteiger partial charge in [0.1, 0.15) is 12.0 Å². The van der Waals surface area contributed by atoms with Gasteiger partial charge in [-0.25, -0.2) is 4.98 Å². The van der Waals surface area contributed by atoms with E-state index in [0.717, 1.165) is 6.20 Å².